The van der Waals surface area contributed by atoms with Crippen molar-refractivity contribution < 1.29 is 14.4 Å². The van der Waals surface area contributed by atoms with Gasteiger partial charge in [-0.15, -0.1) is 0 Å². The second kappa shape index (κ2) is 9.88. The van der Waals surface area contributed by atoms with Crippen molar-refractivity contribution in [2.45, 2.75) is 40.0 Å². The van der Waals surface area contributed by atoms with Gasteiger partial charge in [0.1, 0.15) is 30.0 Å². The van der Waals surface area contributed by atoms with E-state index in [2.05, 4.69) is 25.6 Å². The van der Waals surface area contributed by atoms with Crippen LogP contribution in [-0.2, 0) is 13.1 Å². The van der Waals surface area contributed by atoms with Gasteiger partial charge in [-0.1, -0.05) is 16.8 Å². The van der Waals surface area contributed by atoms with E-state index in [9.17, 15) is 5.11 Å². The molecule has 0 saturated heterocycles. The standard InChI is InChI=1S/C25H28ClN7O3/c1-13-23(22-14(2)32-36-15(22)3)29-24(30-25(13)33-10-16-8-28-31-21(16)11-33)19-7-18(5-6-20(19)26)35-12-17(34)9-27-4/h5-8,17,27,34H,9-12H2,1-4H3,(H,28,31)/t17-/m1/s1. The number of halogens is 1. The van der Waals surface area contributed by atoms with Crippen LogP contribution in [0.3, 0.4) is 0 Å². The van der Waals surface area contributed by atoms with Crippen LogP contribution < -0.4 is 15.0 Å². The number of anilines is 1. The van der Waals surface area contributed by atoms with Crippen molar-refractivity contribution in [3.63, 3.8) is 0 Å². The van der Waals surface area contributed by atoms with E-state index in [0.717, 1.165) is 39.6 Å². The Morgan fingerprint density at radius 3 is 2.81 bits per heavy atom. The molecule has 0 radical (unpaired) electrons. The fourth-order valence-corrected chi connectivity index (χ4v) is 4.67. The molecule has 0 fully saturated rings. The summed E-state index contributed by atoms with van der Waals surface area (Å²) >= 11 is 6.64. The van der Waals surface area contributed by atoms with Gasteiger partial charge in [-0.2, -0.15) is 5.10 Å². The Hall–Kier alpha value is -3.47. The average molecular weight is 510 g/mol. The zero-order chi connectivity index (χ0) is 25.4. The number of nitrogens with zero attached hydrogens (tertiary/aromatic N) is 5. The third-order valence-electron chi connectivity index (χ3n) is 6.27. The van der Waals surface area contributed by atoms with Crippen molar-refractivity contribution in [2.24, 2.45) is 0 Å². The molecule has 0 saturated carbocycles. The van der Waals surface area contributed by atoms with Crippen LogP contribution in [0.1, 0.15) is 28.3 Å². The molecular weight excluding hydrogens is 482 g/mol. The lowest BCUT2D eigenvalue weighted by Crippen LogP contribution is -2.29. The van der Waals surface area contributed by atoms with Crippen molar-refractivity contribution in [3.8, 4) is 28.4 Å². The Labute approximate surface area is 213 Å². The summed E-state index contributed by atoms with van der Waals surface area (Å²) in [6.07, 6.45) is 1.21. The first-order chi connectivity index (χ1) is 17.4. The van der Waals surface area contributed by atoms with E-state index in [1.54, 1.807) is 25.2 Å². The first-order valence-corrected chi connectivity index (χ1v) is 12.1. The Kier molecular flexibility index (Phi) is 6.65. The molecule has 4 aromatic rings. The quantitative estimate of drug-likeness (QED) is 0.326. The molecule has 1 aliphatic heterocycles. The van der Waals surface area contributed by atoms with E-state index in [1.807, 2.05) is 27.0 Å². The lowest BCUT2D eigenvalue weighted by molar-refractivity contribution is 0.108. The zero-order valence-corrected chi connectivity index (χ0v) is 21.3. The number of rotatable bonds is 8. The number of nitrogens with one attached hydrogen (secondary N) is 2. The topological polar surface area (TPSA) is 125 Å². The maximum Gasteiger partial charge on any atom is 0.163 e. The van der Waals surface area contributed by atoms with Gasteiger partial charge in [-0.05, 0) is 46.0 Å². The maximum atomic E-state index is 10.0. The number of aliphatic hydroxyl groups excluding tert-OH is 1. The van der Waals surface area contributed by atoms with Crippen LogP contribution >= 0.6 is 11.6 Å². The van der Waals surface area contributed by atoms with E-state index in [1.165, 1.54) is 0 Å². The van der Waals surface area contributed by atoms with Crippen molar-refractivity contribution >= 4 is 17.4 Å². The van der Waals surface area contributed by atoms with Crippen molar-refractivity contribution in [3.05, 3.63) is 57.7 Å². The zero-order valence-electron chi connectivity index (χ0n) is 20.6. The van der Waals surface area contributed by atoms with E-state index in [0.29, 0.717) is 47.6 Å². The maximum absolute atomic E-state index is 10.0. The largest absolute Gasteiger partial charge is 0.491 e. The lowest BCUT2D eigenvalue weighted by atomic mass is 10.0. The fourth-order valence-electron chi connectivity index (χ4n) is 4.46. The van der Waals surface area contributed by atoms with Gasteiger partial charge in [0.2, 0.25) is 0 Å². The highest BCUT2D eigenvalue weighted by molar-refractivity contribution is 6.33. The number of ether oxygens (including phenoxy) is 1. The van der Waals surface area contributed by atoms with Gasteiger partial charge in [0.15, 0.2) is 5.82 Å². The van der Waals surface area contributed by atoms with Crippen LogP contribution in [-0.4, -0.2) is 56.7 Å². The van der Waals surface area contributed by atoms with Gasteiger partial charge in [-0.3, -0.25) is 5.10 Å². The summed E-state index contributed by atoms with van der Waals surface area (Å²) in [6.45, 7) is 7.70. The summed E-state index contributed by atoms with van der Waals surface area (Å²) in [7, 11) is 1.78. The summed E-state index contributed by atoms with van der Waals surface area (Å²) in [5.41, 5.74) is 6.10. The van der Waals surface area contributed by atoms with Crippen LogP contribution in [0.25, 0.3) is 22.6 Å². The predicted molar refractivity (Wildman–Crippen MR) is 136 cm³/mol. The van der Waals surface area contributed by atoms with E-state index >= 15 is 0 Å². The van der Waals surface area contributed by atoms with E-state index in [-0.39, 0.29) is 6.61 Å². The molecule has 1 atom stereocenters. The first-order valence-electron chi connectivity index (χ1n) is 11.7. The van der Waals surface area contributed by atoms with Gasteiger partial charge in [0.05, 0.1) is 40.4 Å². The smallest absolute Gasteiger partial charge is 0.163 e. The molecule has 11 heteroatoms. The van der Waals surface area contributed by atoms with Crippen molar-refractivity contribution in [1.82, 2.24) is 30.6 Å². The van der Waals surface area contributed by atoms with Crippen LogP contribution in [0.15, 0.2) is 28.9 Å². The summed E-state index contributed by atoms with van der Waals surface area (Å²) < 4.78 is 11.3. The highest BCUT2D eigenvalue weighted by Gasteiger charge is 2.28. The number of aromatic nitrogens is 5. The monoisotopic (exact) mass is 509 g/mol. The third-order valence-corrected chi connectivity index (χ3v) is 6.60. The molecule has 1 aromatic carbocycles. The van der Waals surface area contributed by atoms with Gasteiger partial charge >= 0.3 is 0 Å². The lowest BCUT2D eigenvalue weighted by Gasteiger charge is -2.22. The third kappa shape index (κ3) is 4.55. The Balaban J connectivity index is 1.59. The number of benzene rings is 1. The molecular formula is C25H28ClN7O3. The number of hydrogen-bond donors (Lipinski definition) is 3. The Bertz CT molecular complexity index is 1360. The second-order valence-electron chi connectivity index (χ2n) is 8.94. The van der Waals surface area contributed by atoms with Gasteiger partial charge in [0, 0.05) is 29.8 Å². The SMILES string of the molecule is CNC[C@@H](O)COc1ccc(Cl)c(-c2nc(-c3c(C)noc3C)c(C)c(N3Cc4cn[nH]c4C3)n2)c1. The van der Waals surface area contributed by atoms with Crippen molar-refractivity contribution in [1.29, 1.82) is 0 Å². The highest BCUT2D eigenvalue weighted by atomic mass is 35.5. The molecule has 0 bridgehead atoms. The first kappa shape index (κ1) is 24.2. The molecule has 36 heavy (non-hydrogen) atoms. The van der Waals surface area contributed by atoms with E-state index in [4.69, 9.17) is 30.8 Å². The molecule has 0 amide bonds. The van der Waals surface area contributed by atoms with Crippen LogP contribution in [0.4, 0.5) is 5.82 Å². The predicted octanol–water partition coefficient (Wildman–Crippen LogP) is 3.58. The molecule has 3 aromatic heterocycles. The summed E-state index contributed by atoms with van der Waals surface area (Å²) in [6, 6.07) is 5.32. The van der Waals surface area contributed by atoms with Crippen molar-refractivity contribution in [2.75, 3.05) is 25.1 Å². The molecule has 4 heterocycles. The minimum Gasteiger partial charge on any atom is -0.491 e. The van der Waals surface area contributed by atoms with Crippen LogP contribution in [0, 0.1) is 20.8 Å². The summed E-state index contributed by atoms with van der Waals surface area (Å²) in [5.74, 6) is 2.51. The number of aliphatic hydroxyl groups is 1. The van der Waals surface area contributed by atoms with Gasteiger partial charge < -0.3 is 24.6 Å². The summed E-state index contributed by atoms with van der Waals surface area (Å²) in [4.78, 5) is 12.1. The average Bonchev–Trinajstić information content (AvgIpc) is 3.55. The minimum atomic E-state index is -0.635. The molecule has 188 valence electrons. The van der Waals surface area contributed by atoms with E-state index < -0.39 is 6.10 Å². The molecule has 3 N–H and O–H groups in total. The summed E-state index contributed by atoms with van der Waals surface area (Å²) in [5, 5.41) is 24.8. The van der Waals surface area contributed by atoms with Gasteiger partial charge in [-0.25, -0.2) is 9.97 Å². The molecule has 10 nitrogen and oxygen atoms in total. The fraction of sp³-hybridized carbons (Fsp3) is 0.360. The second-order valence-corrected chi connectivity index (χ2v) is 9.34. The molecule has 5 rings (SSSR count). The Morgan fingerprint density at radius 1 is 1.25 bits per heavy atom. The molecule has 0 unspecified atom stereocenters. The van der Waals surface area contributed by atoms with Crippen LogP contribution in [0.2, 0.25) is 5.02 Å². The number of fused-ring (bicyclic) bond motifs is 1. The number of aryl methyl sites for hydroxylation is 2. The highest BCUT2D eigenvalue weighted by Crippen LogP contribution is 2.38. The number of likely N-dealkylation sites (N-methyl/N-ethyl adjacent to an activating group) is 1. The van der Waals surface area contributed by atoms with Crippen LogP contribution in [0.5, 0.6) is 5.75 Å². The van der Waals surface area contributed by atoms with Gasteiger partial charge in [0.25, 0.3) is 0 Å². The Morgan fingerprint density at radius 2 is 2.08 bits per heavy atom. The number of aromatic amines is 1. The molecule has 1 aliphatic rings. The number of H-pyrrole nitrogens is 1. The number of hydrogen-bond acceptors (Lipinski definition) is 9. The minimum absolute atomic E-state index is 0.145. The molecule has 0 spiro atoms. The normalized spacial score (nSPS) is 13.8. The molecule has 0 aliphatic carbocycles.